The number of hydrogen-bond donors (Lipinski definition) is 2. The number of nitrogens with one attached hydrogen (secondary N) is 2. The number of hydrogen-bond acceptors (Lipinski definition) is 3. The van der Waals surface area contributed by atoms with E-state index in [0.29, 0.717) is 13.1 Å². The second-order valence-electron chi connectivity index (χ2n) is 7.96. The van der Waals surface area contributed by atoms with E-state index in [4.69, 9.17) is 0 Å². The first kappa shape index (κ1) is 20.6. The molecule has 0 radical (unpaired) electrons. The summed E-state index contributed by atoms with van der Waals surface area (Å²) in [6.07, 6.45) is 7.82. The average molecular weight is 387 g/mol. The quantitative estimate of drug-likeness (QED) is 0.737. The largest absolute Gasteiger partial charge is 0.356 e. The molecule has 6 heteroatoms. The Bertz CT molecular complexity index is 606. The van der Waals surface area contributed by atoms with Gasteiger partial charge in [-0.3, -0.25) is 4.79 Å². The van der Waals surface area contributed by atoms with Gasteiger partial charge in [-0.25, -0.2) is 4.79 Å². The van der Waals surface area contributed by atoms with Crippen molar-refractivity contribution in [3.05, 3.63) is 30.3 Å². The highest BCUT2D eigenvalue weighted by molar-refractivity contribution is 5.89. The minimum Gasteiger partial charge on any atom is -0.356 e. The van der Waals surface area contributed by atoms with Crippen LogP contribution >= 0.6 is 0 Å². The lowest BCUT2D eigenvalue weighted by molar-refractivity contribution is -0.126. The third-order valence-electron chi connectivity index (χ3n) is 5.83. The fraction of sp³-hybridized carbons (Fsp3) is 0.636. The zero-order valence-electron chi connectivity index (χ0n) is 16.9. The molecule has 2 aliphatic rings. The molecule has 2 aliphatic heterocycles. The number of benzene rings is 1. The SMILES string of the molecule is O=C(NCCCN1CCCCCC1)C1CCN(C(=O)Nc2ccccc2)CC1. The van der Waals surface area contributed by atoms with Gasteiger partial charge >= 0.3 is 6.03 Å². The molecule has 0 unspecified atom stereocenters. The van der Waals surface area contributed by atoms with Crippen LogP contribution in [0.4, 0.5) is 10.5 Å². The van der Waals surface area contributed by atoms with E-state index in [-0.39, 0.29) is 17.9 Å². The molecule has 6 nitrogen and oxygen atoms in total. The molecule has 2 N–H and O–H groups in total. The molecule has 3 amide bonds. The molecule has 154 valence electrons. The lowest BCUT2D eigenvalue weighted by Crippen LogP contribution is -2.44. The first-order valence-electron chi connectivity index (χ1n) is 10.8. The first-order valence-corrected chi connectivity index (χ1v) is 10.8. The summed E-state index contributed by atoms with van der Waals surface area (Å²) < 4.78 is 0. The highest BCUT2D eigenvalue weighted by atomic mass is 16.2. The Morgan fingerprint density at radius 3 is 2.29 bits per heavy atom. The van der Waals surface area contributed by atoms with E-state index in [1.807, 2.05) is 30.3 Å². The molecule has 0 saturated carbocycles. The van der Waals surface area contributed by atoms with Crippen LogP contribution in [0.3, 0.4) is 0 Å². The minimum atomic E-state index is -0.0810. The van der Waals surface area contributed by atoms with Crippen LogP contribution in [0.5, 0.6) is 0 Å². The van der Waals surface area contributed by atoms with Crippen LogP contribution < -0.4 is 10.6 Å². The number of likely N-dealkylation sites (tertiary alicyclic amines) is 2. The number of amides is 3. The van der Waals surface area contributed by atoms with Crippen molar-refractivity contribution in [2.24, 2.45) is 5.92 Å². The summed E-state index contributed by atoms with van der Waals surface area (Å²) in [7, 11) is 0. The van der Waals surface area contributed by atoms with Crippen molar-refractivity contribution in [2.45, 2.75) is 44.9 Å². The number of carbonyl (C=O) groups excluding carboxylic acids is 2. The van der Waals surface area contributed by atoms with Crippen LogP contribution in [-0.4, -0.2) is 61.0 Å². The van der Waals surface area contributed by atoms with Gasteiger partial charge in [0, 0.05) is 31.2 Å². The van der Waals surface area contributed by atoms with Gasteiger partial charge in [-0.05, 0) is 63.9 Å². The van der Waals surface area contributed by atoms with Crippen molar-refractivity contribution >= 4 is 17.6 Å². The summed E-state index contributed by atoms with van der Waals surface area (Å²) in [6, 6.07) is 9.40. The van der Waals surface area contributed by atoms with Crippen molar-refractivity contribution in [3.63, 3.8) is 0 Å². The van der Waals surface area contributed by atoms with E-state index in [0.717, 1.165) is 38.0 Å². The molecule has 0 spiro atoms. The molecule has 2 saturated heterocycles. The zero-order valence-corrected chi connectivity index (χ0v) is 16.9. The molecule has 28 heavy (non-hydrogen) atoms. The van der Waals surface area contributed by atoms with Crippen molar-refractivity contribution < 1.29 is 9.59 Å². The second kappa shape index (κ2) is 11.1. The number of rotatable bonds is 6. The van der Waals surface area contributed by atoms with Gasteiger partial charge in [-0.1, -0.05) is 31.0 Å². The topological polar surface area (TPSA) is 64.7 Å². The molecule has 3 rings (SSSR count). The summed E-state index contributed by atoms with van der Waals surface area (Å²) in [6.45, 7) is 5.51. The summed E-state index contributed by atoms with van der Waals surface area (Å²) >= 11 is 0. The minimum absolute atomic E-state index is 0.0268. The lowest BCUT2D eigenvalue weighted by Gasteiger charge is -2.31. The van der Waals surface area contributed by atoms with Gasteiger partial charge in [0.1, 0.15) is 0 Å². The molecule has 0 aromatic heterocycles. The number of para-hydroxylation sites is 1. The van der Waals surface area contributed by atoms with Crippen LogP contribution in [0.15, 0.2) is 30.3 Å². The standard InChI is InChI=1S/C22H34N4O2/c27-21(23-13-8-16-25-14-6-1-2-7-15-25)19-11-17-26(18-12-19)22(28)24-20-9-4-3-5-10-20/h3-5,9-10,19H,1-2,6-8,11-18H2,(H,23,27)(H,24,28). The van der Waals surface area contributed by atoms with Crippen LogP contribution in [-0.2, 0) is 4.79 Å². The van der Waals surface area contributed by atoms with Crippen molar-refractivity contribution in [2.75, 3.05) is 44.6 Å². The maximum atomic E-state index is 12.4. The molecule has 1 aromatic rings. The fourth-order valence-electron chi connectivity index (χ4n) is 4.09. The Balaban J connectivity index is 1.30. The van der Waals surface area contributed by atoms with Gasteiger partial charge in [-0.15, -0.1) is 0 Å². The molecular formula is C22H34N4O2. The highest BCUT2D eigenvalue weighted by Crippen LogP contribution is 2.18. The van der Waals surface area contributed by atoms with Crippen LogP contribution in [0.2, 0.25) is 0 Å². The summed E-state index contributed by atoms with van der Waals surface area (Å²) in [5.74, 6) is 0.179. The third-order valence-corrected chi connectivity index (χ3v) is 5.83. The Hall–Kier alpha value is -2.08. The smallest absolute Gasteiger partial charge is 0.321 e. The molecule has 0 atom stereocenters. The van der Waals surface area contributed by atoms with E-state index in [1.165, 1.54) is 38.8 Å². The van der Waals surface area contributed by atoms with Crippen molar-refractivity contribution in [1.29, 1.82) is 0 Å². The van der Waals surface area contributed by atoms with Crippen LogP contribution in [0, 0.1) is 5.92 Å². The molecular weight excluding hydrogens is 352 g/mol. The van der Waals surface area contributed by atoms with Gasteiger partial charge in [0.05, 0.1) is 0 Å². The maximum Gasteiger partial charge on any atom is 0.321 e. The normalized spacial score (nSPS) is 19.1. The molecule has 2 fully saturated rings. The number of piperidine rings is 1. The molecule has 1 aromatic carbocycles. The van der Waals surface area contributed by atoms with Gasteiger partial charge in [0.2, 0.25) is 5.91 Å². The molecule has 0 aliphatic carbocycles. The van der Waals surface area contributed by atoms with E-state index in [1.54, 1.807) is 4.90 Å². The highest BCUT2D eigenvalue weighted by Gasteiger charge is 2.27. The third kappa shape index (κ3) is 6.51. The Morgan fingerprint density at radius 2 is 1.61 bits per heavy atom. The molecule has 0 bridgehead atoms. The van der Waals surface area contributed by atoms with Crippen molar-refractivity contribution in [1.82, 2.24) is 15.1 Å². The number of carbonyl (C=O) groups is 2. The average Bonchev–Trinajstić information content (AvgIpc) is 3.01. The van der Waals surface area contributed by atoms with Crippen molar-refractivity contribution in [3.8, 4) is 0 Å². The van der Waals surface area contributed by atoms with E-state index in [2.05, 4.69) is 15.5 Å². The summed E-state index contributed by atoms with van der Waals surface area (Å²) in [4.78, 5) is 29.1. The first-order chi connectivity index (χ1) is 13.7. The fourth-order valence-corrected chi connectivity index (χ4v) is 4.09. The number of urea groups is 1. The summed E-state index contributed by atoms with van der Waals surface area (Å²) in [5, 5.41) is 6.02. The predicted molar refractivity (Wildman–Crippen MR) is 112 cm³/mol. The van der Waals surface area contributed by atoms with Crippen LogP contribution in [0.1, 0.15) is 44.9 Å². The molecule has 2 heterocycles. The zero-order chi connectivity index (χ0) is 19.6. The number of anilines is 1. The predicted octanol–water partition coefficient (Wildman–Crippen LogP) is 3.31. The van der Waals surface area contributed by atoms with E-state index < -0.39 is 0 Å². The summed E-state index contributed by atoms with van der Waals surface area (Å²) in [5.41, 5.74) is 0.803. The number of nitrogens with zero attached hydrogens (tertiary/aromatic N) is 2. The maximum absolute atomic E-state index is 12.4. The van der Waals surface area contributed by atoms with Gasteiger partial charge in [0.25, 0.3) is 0 Å². The second-order valence-corrected chi connectivity index (χ2v) is 7.96. The Labute approximate surface area is 168 Å². The lowest BCUT2D eigenvalue weighted by atomic mass is 9.96. The monoisotopic (exact) mass is 386 g/mol. The Kier molecular flexibility index (Phi) is 8.15. The van der Waals surface area contributed by atoms with Gasteiger partial charge in [-0.2, -0.15) is 0 Å². The van der Waals surface area contributed by atoms with Crippen LogP contribution in [0.25, 0.3) is 0 Å². The van der Waals surface area contributed by atoms with Gasteiger partial charge < -0.3 is 20.4 Å². The van der Waals surface area contributed by atoms with E-state index in [9.17, 15) is 9.59 Å². The van der Waals surface area contributed by atoms with E-state index >= 15 is 0 Å². The van der Waals surface area contributed by atoms with Gasteiger partial charge in [0.15, 0.2) is 0 Å². The Morgan fingerprint density at radius 1 is 0.929 bits per heavy atom.